The average Bonchev–Trinajstić information content (AvgIpc) is 3.29. The van der Waals surface area contributed by atoms with Crippen LogP contribution in [0.25, 0.3) is 0 Å². The second-order valence-corrected chi connectivity index (χ2v) is 8.54. The number of hydrogen-bond donors (Lipinski definition) is 1. The van der Waals surface area contributed by atoms with E-state index in [1.54, 1.807) is 0 Å². The summed E-state index contributed by atoms with van der Waals surface area (Å²) in [5.74, 6) is 2.27. The molecule has 8 heteroatoms. The van der Waals surface area contributed by atoms with Crippen molar-refractivity contribution >= 4 is 47.6 Å². The minimum absolute atomic E-state index is 0. The van der Waals surface area contributed by atoms with Crippen LogP contribution in [-0.4, -0.2) is 91.2 Å². The number of carbonyl (C=O) groups excluding carboxylic acids is 1. The molecule has 0 saturated carbocycles. The molecule has 0 bridgehead atoms. The lowest BCUT2D eigenvalue weighted by molar-refractivity contribution is -0.135. The number of aliphatic imine (C=N–C) groups is 1. The highest BCUT2D eigenvalue weighted by molar-refractivity contribution is 14.0. The Morgan fingerprint density at radius 1 is 1.07 bits per heavy atom. The molecule has 6 nitrogen and oxygen atoms in total. The minimum Gasteiger partial charge on any atom is -0.355 e. The number of hydrogen-bond acceptors (Lipinski definition) is 4. The molecule has 0 aliphatic carbocycles. The Morgan fingerprint density at radius 3 is 2.34 bits per heavy atom. The summed E-state index contributed by atoms with van der Waals surface area (Å²) in [6.07, 6.45) is 2.30. The highest BCUT2D eigenvalue weighted by Gasteiger charge is 2.30. The number of piperazine rings is 1. The van der Waals surface area contributed by atoms with Crippen LogP contribution >= 0.6 is 35.7 Å². The minimum atomic E-state index is -0.0162. The van der Waals surface area contributed by atoms with Gasteiger partial charge in [-0.25, -0.2) is 0 Å². The van der Waals surface area contributed by atoms with Crippen molar-refractivity contribution in [3.05, 3.63) is 30.3 Å². The van der Waals surface area contributed by atoms with E-state index in [1.807, 2.05) is 29.8 Å². The van der Waals surface area contributed by atoms with Crippen LogP contribution in [0.3, 0.4) is 0 Å². The van der Waals surface area contributed by atoms with Gasteiger partial charge in [-0.3, -0.25) is 14.7 Å². The standard InChI is InChI=1S/C21H33N5OS.HI/c1-18(20(27)25-11-6-7-12-25)24-13-15-26(16-14-24)21(22-2)23-10-17-28-19-8-4-3-5-9-19;/h3-5,8-9,18H,6-7,10-17H2,1-2H3,(H,22,23);1H. The number of likely N-dealkylation sites (tertiary alicyclic amines) is 1. The third kappa shape index (κ3) is 7.03. The van der Waals surface area contributed by atoms with Gasteiger partial charge in [-0.05, 0) is 31.9 Å². The molecule has 0 spiro atoms. The molecule has 2 aliphatic rings. The Bertz CT molecular complexity index is 646. The molecule has 2 heterocycles. The summed E-state index contributed by atoms with van der Waals surface area (Å²) in [4.78, 5) is 25.0. The lowest BCUT2D eigenvalue weighted by Gasteiger charge is -2.39. The summed E-state index contributed by atoms with van der Waals surface area (Å²) in [7, 11) is 1.85. The first kappa shape index (κ1) is 24.3. The van der Waals surface area contributed by atoms with Gasteiger partial charge in [0.25, 0.3) is 0 Å². The quantitative estimate of drug-likeness (QED) is 0.201. The molecule has 2 aliphatic heterocycles. The Hall–Kier alpha value is -1.00. The molecule has 2 saturated heterocycles. The Kier molecular flexibility index (Phi) is 10.6. The summed E-state index contributed by atoms with van der Waals surface area (Å²) in [6.45, 7) is 8.43. The van der Waals surface area contributed by atoms with E-state index in [4.69, 9.17) is 0 Å². The second-order valence-electron chi connectivity index (χ2n) is 7.37. The van der Waals surface area contributed by atoms with E-state index in [0.717, 1.165) is 70.4 Å². The van der Waals surface area contributed by atoms with Gasteiger partial charge in [0, 0.05) is 63.5 Å². The van der Waals surface area contributed by atoms with E-state index >= 15 is 0 Å². The summed E-state index contributed by atoms with van der Waals surface area (Å²) in [6, 6.07) is 10.5. The number of nitrogens with zero attached hydrogens (tertiary/aromatic N) is 4. The molecule has 1 atom stereocenters. The summed E-state index contributed by atoms with van der Waals surface area (Å²) < 4.78 is 0. The Balaban J connectivity index is 0.00000300. The molecular weight excluding hydrogens is 497 g/mol. The number of guanidine groups is 1. The number of thioether (sulfide) groups is 1. The fourth-order valence-electron chi connectivity index (χ4n) is 3.86. The van der Waals surface area contributed by atoms with Crippen molar-refractivity contribution in [2.45, 2.75) is 30.7 Å². The molecule has 0 aromatic heterocycles. The molecule has 1 N–H and O–H groups in total. The van der Waals surface area contributed by atoms with Crippen molar-refractivity contribution in [2.75, 3.05) is 58.6 Å². The van der Waals surface area contributed by atoms with Crippen molar-refractivity contribution in [1.82, 2.24) is 20.0 Å². The Morgan fingerprint density at radius 2 is 1.72 bits per heavy atom. The van der Waals surface area contributed by atoms with Crippen LogP contribution < -0.4 is 5.32 Å². The third-order valence-electron chi connectivity index (χ3n) is 5.55. The van der Waals surface area contributed by atoms with Gasteiger partial charge in [-0.1, -0.05) is 18.2 Å². The first-order valence-corrected chi connectivity index (χ1v) is 11.3. The molecule has 29 heavy (non-hydrogen) atoms. The maximum atomic E-state index is 12.6. The largest absolute Gasteiger partial charge is 0.355 e. The van der Waals surface area contributed by atoms with Crippen LogP contribution in [0.2, 0.25) is 0 Å². The molecule has 3 rings (SSSR count). The predicted molar refractivity (Wildman–Crippen MR) is 132 cm³/mol. The van der Waals surface area contributed by atoms with Crippen LogP contribution in [0, 0.1) is 0 Å². The first-order chi connectivity index (χ1) is 13.7. The fourth-order valence-corrected chi connectivity index (χ4v) is 4.65. The summed E-state index contributed by atoms with van der Waals surface area (Å²) in [5, 5.41) is 3.48. The zero-order chi connectivity index (χ0) is 19.8. The summed E-state index contributed by atoms with van der Waals surface area (Å²) >= 11 is 1.85. The SMILES string of the molecule is CN=C(NCCSc1ccccc1)N1CCN(C(C)C(=O)N2CCCC2)CC1.I. The molecule has 162 valence electrons. The van der Waals surface area contributed by atoms with Gasteiger partial charge in [-0.15, -0.1) is 35.7 Å². The van der Waals surface area contributed by atoms with Crippen molar-refractivity contribution in [3.8, 4) is 0 Å². The molecule has 0 radical (unpaired) electrons. The molecule has 2 fully saturated rings. The summed E-state index contributed by atoms with van der Waals surface area (Å²) in [5.41, 5.74) is 0. The lowest BCUT2D eigenvalue weighted by Crippen LogP contribution is -2.57. The Labute approximate surface area is 196 Å². The van der Waals surface area contributed by atoms with Crippen molar-refractivity contribution in [2.24, 2.45) is 4.99 Å². The number of halogens is 1. The van der Waals surface area contributed by atoms with E-state index < -0.39 is 0 Å². The monoisotopic (exact) mass is 531 g/mol. The fraction of sp³-hybridized carbons (Fsp3) is 0.619. The number of amides is 1. The predicted octanol–water partition coefficient (Wildman–Crippen LogP) is 2.60. The van der Waals surface area contributed by atoms with Crippen LogP contribution in [0.4, 0.5) is 0 Å². The number of benzene rings is 1. The van der Waals surface area contributed by atoms with Gasteiger partial charge in [0.1, 0.15) is 0 Å². The van der Waals surface area contributed by atoms with Crippen LogP contribution in [0.15, 0.2) is 40.2 Å². The molecule has 1 unspecified atom stereocenters. The van der Waals surface area contributed by atoms with E-state index in [2.05, 4.69) is 51.3 Å². The zero-order valence-corrected chi connectivity index (χ0v) is 20.7. The van der Waals surface area contributed by atoms with Gasteiger partial charge in [0.05, 0.1) is 6.04 Å². The normalized spacial score (nSPS) is 19.0. The van der Waals surface area contributed by atoms with Gasteiger partial charge in [0.15, 0.2) is 5.96 Å². The highest BCUT2D eigenvalue weighted by Crippen LogP contribution is 2.16. The smallest absolute Gasteiger partial charge is 0.239 e. The molecule has 1 aromatic rings. The topological polar surface area (TPSA) is 51.2 Å². The number of nitrogens with one attached hydrogen (secondary N) is 1. The second kappa shape index (κ2) is 12.6. The van der Waals surface area contributed by atoms with Gasteiger partial charge >= 0.3 is 0 Å². The van der Waals surface area contributed by atoms with Crippen molar-refractivity contribution < 1.29 is 4.79 Å². The van der Waals surface area contributed by atoms with Gasteiger partial charge in [-0.2, -0.15) is 0 Å². The van der Waals surface area contributed by atoms with E-state index in [1.165, 1.54) is 4.90 Å². The van der Waals surface area contributed by atoms with Crippen LogP contribution in [-0.2, 0) is 4.79 Å². The maximum Gasteiger partial charge on any atom is 0.239 e. The molecular formula is C21H34IN5OS. The zero-order valence-electron chi connectivity index (χ0n) is 17.5. The molecule has 1 amide bonds. The van der Waals surface area contributed by atoms with Crippen LogP contribution in [0.5, 0.6) is 0 Å². The number of rotatable bonds is 6. The van der Waals surface area contributed by atoms with E-state index in [-0.39, 0.29) is 30.0 Å². The van der Waals surface area contributed by atoms with Gasteiger partial charge < -0.3 is 15.1 Å². The van der Waals surface area contributed by atoms with E-state index in [0.29, 0.717) is 5.91 Å². The number of carbonyl (C=O) groups is 1. The average molecular weight is 532 g/mol. The van der Waals surface area contributed by atoms with E-state index in [9.17, 15) is 4.79 Å². The third-order valence-corrected chi connectivity index (χ3v) is 6.56. The van der Waals surface area contributed by atoms with Crippen LogP contribution in [0.1, 0.15) is 19.8 Å². The highest BCUT2D eigenvalue weighted by atomic mass is 127. The van der Waals surface area contributed by atoms with Gasteiger partial charge in [0.2, 0.25) is 5.91 Å². The lowest BCUT2D eigenvalue weighted by atomic mass is 10.2. The van der Waals surface area contributed by atoms with Crippen molar-refractivity contribution in [1.29, 1.82) is 0 Å². The van der Waals surface area contributed by atoms with Crippen molar-refractivity contribution in [3.63, 3.8) is 0 Å². The first-order valence-electron chi connectivity index (χ1n) is 10.4. The molecule has 1 aromatic carbocycles. The maximum absolute atomic E-state index is 12.6.